The Morgan fingerprint density at radius 1 is 1.24 bits per heavy atom. The van der Waals surface area contributed by atoms with Crippen LogP contribution in [0.15, 0.2) is 0 Å². The molecule has 0 aliphatic heterocycles. The van der Waals surface area contributed by atoms with E-state index in [4.69, 9.17) is 5.11 Å². The third kappa shape index (κ3) is 6.96. The van der Waals surface area contributed by atoms with Gasteiger partial charge in [-0.2, -0.15) is 0 Å². The van der Waals surface area contributed by atoms with Gasteiger partial charge in [-0.15, -0.1) is 0 Å². The van der Waals surface area contributed by atoms with Crippen LogP contribution in [-0.2, 0) is 9.59 Å². The topological polar surface area (TPSA) is 57.6 Å². The molecule has 0 aromatic rings. The largest absolute Gasteiger partial charge is 0.481 e. The van der Waals surface area contributed by atoms with Gasteiger partial charge >= 0.3 is 5.97 Å². The second kappa shape index (κ2) is 9.80. The number of hydrogen-bond acceptors (Lipinski definition) is 2. The Morgan fingerprint density at radius 3 is 2.48 bits per heavy atom. The normalized spacial score (nSPS) is 17.4. The highest BCUT2D eigenvalue weighted by Crippen LogP contribution is 2.27. The first-order valence-corrected chi connectivity index (χ1v) is 8.55. The number of carbonyl (C=O) groups excluding carboxylic acids is 1. The van der Waals surface area contributed by atoms with Crippen molar-refractivity contribution < 1.29 is 14.7 Å². The molecule has 0 aromatic carbocycles. The van der Waals surface area contributed by atoms with E-state index < -0.39 is 11.9 Å². The summed E-state index contributed by atoms with van der Waals surface area (Å²) in [5.41, 5.74) is 0. The SMILES string of the molecule is CCCCN(CC(C)C(=O)O)C(=O)CCC1CCCCC1. The van der Waals surface area contributed by atoms with Crippen LogP contribution in [-0.4, -0.2) is 35.0 Å². The number of unbranched alkanes of at least 4 members (excludes halogenated alkanes) is 1. The number of amides is 1. The van der Waals surface area contributed by atoms with E-state index >= 15 is 0 Å². The van der Waals surface area contributed by atoms with Crippen molar-refractivity contribution in [1.82, 2.24) is 4.90 Å². The Bertz CT molecular complexity index is 324. The van der Waals surface area contributed by atoms with Gasteiger partial charge in [0.2, 0.25) is 5.91 Å². The van der Waals surface area contributed by atoms with E-state index in [0.717, 1.165) is 19.3 Å². The van der Waals surface area contributed by atoms with Gasteiger partial charge in [0.05, 0.1) is 5.92 Å². The summed E-state index contributed by atoms with van der Waals surface area (Å²) in [6.45, 7) is 4.80. The van der Waals surface area contributed by atoms with Gasteiger partial charge in [0.25, 0.3) is 0 Å². The number of carboxylic acid groups (broad SMARTS) is 1. The van der Waals surface area contributed by atoms with E-state index in [1.165, 1.54) is 32.1 Å². The van der Waals surface area contributed by atoms with Crippen LogP contribution in [0.3, 0.4) is 0 Å². The van der Waals surface area contributed by atoms with Gasteiger partial charge in [0.15, 0.2) is 0 Å². The summed E-state index contributed by atoms with van der Waals surface area (Å²) in [5, 5.41) is 9.03. The lowest BCUT2D eigenvalue weighted by Gasteiger charge is -2.26. The number of aliphatic carboxylic acids is 1. The molecular weight excluding hydrogens is 266 g/mol. The first-order valence-electron chi connectivity index (χ1n) is 8.55. The molecule has 0 aromatic heterocycles. The summed E-state index contributed by atoms with van der Waals surface area (Å²) in [7, 11) is 0. The quantitative estimate of drug-likeness (QED) is 0.706. The van der Waals surface area contributed by atoms with Crippen molar-refractivity contribution >= 4 is 11.9 Å². The van der Waals surface area contributed by atoms with Gasteiger partial charge in [0, 0.05) is 19.5 Å². The zero-order chi connectivity index (χ0) is 15.7. The predicted octanol–water partition coefficient (Wildman–Crippen LogP) is 3.70. The fourth-order valence-electron chi connectivity index (χ4n) is 3.04. The summed E-state index contributed by atoms with van der Waals surface area (Å²) in [4.78, 5) is 25.2. The maximum Gasteiger partial charge on any atom is 0.308 e. The Morgan fingerprint density at radius 2 is 1.90 bits per heavy atom. The molecule has 1 N–H and O–H groups in total. The van der Waals surface area contributed by atoms with Crippen molar-refractivity contribution in [3.63, 3.8) is 0 Å². The second-order valence-electron chi connectivity index (χ2n) is 6.48. The molecule has 0 radical (unpaired) electrons. The van der Waals surface area contributed by atoms with E-state index in [0.29, 0.717) is 25.4 Å². The molecule has 4 nitrogen and oxygen atoms in total. The third-order valence-corrected chi connectivity index (χ3v) is 4.54. The molecule has 21 heavy (non-hydrogen) atoms. The summed E-state index contributed by atoms with van der Waals surface area (Å²) in [5.74, 6) is -0.466. The maximum atomic E-state index is 12.4. The second-order valence-corrected chi connectivity index (χ2v) is 6.48. The molecule has 1 fully saturated rings. The minimum Gasteiger partial charge on any atom is -0.481 e. The maximum absolute atomic E-state index is 12.4. The number of carbonyl (C=O) groups is 2. The van der Waals surface area contributed by atoms with Gasteiger partial charge in [0.1, 0.15) is 0 Å². The van der Waals surface area contributed by atoms with Crippen LogP contribution in [0.1, 0.15) is 71.6 Å². The summed E-state index contributed by atoms with van der Waals surface area (Å²) >= 11 is 0. The average Bonchev–Trinajstić information content (AvgIpc) is 2.49. The monoisotopic (exact) mass is 297 g/mol. The molecule has 1 amide bonds. The standard InChI is InChI=1S/C17H31NO3/c1-3-4-12-18(13-14(2)17(20)21)16(19)11-10-15-8-6-5-7-9-15/h14-15H,3-13H2,1-2H3,(H,20,21). The Hall–Kier alpha value is -1.06. The van der Waals surface area contributed by atoms with E-state index in [9.17, 15) is 9.59 Å². The first kappa shape index (κ1) is 18.0. The lowest BCUT2D eigenvalue weighted by Crippen LogP contribution is -2.37. The summed E-state index contributed by atoms with van der Waals surface area (Å²) in [6.07, 6.45) is 9.98. The molecule has 1 atom stereocenters. The van der Waals surface area contributed by atoms with Crippen LogP contribution in [0.4, 0.5) is 0 Å². The molecule has 0 spiro atoms. The van der Waals surface area contributed by atoms with E-state index in [1.54, 1.807) is 11.8 Å². The van der Waals surface area contributed by atoms with Crippen LogP contribution in [0.25, 0.3) is 0 Å². The number of hydrogen-bond donors (Lipinski definition) is 1. The van der Waals surface area contributed by atoms with Gasteiger partial charge in [-0.3, -0.25) is 9.59 Å². The van der Waals surface area contributed by atoms with Crippen LogP contribution in [0.2, 0.25) is 0 Å². The summed E-state index contributed by atoms with van der Waals surface area (Å²) < 4.78 is 0. The summed E-state index contributed by atoms with van der Waals surface area (Å²) in [6, 6.07) is 0. The molecule has 122 valence electrons. The van der Waals surface area contributed by atoms with Crippen molar-refractivity contribution in [3.05, 3.63) is 0 Å². The fourth-order valence-corrected chi connectivity index (χ4v) is 3.04. The van der Waals surface area contributed by atoms with E-state index in [2.05, 4.69) is 6.92 Å². The Balaban J connectivity index is 2.43. The van der Waals surface area contributed by atoms with Gasteiger partial charge in [-0.25, -0.2) is 0 Å². The van der Waals surface area contributed by atoms with E-state index in [-0.39, 0.29) is 5.91 Å². The molecule has 0 saturated heterocycles. The average molecular weight is 297 g/mol. The third-order valence-electron chi connectivity index (χ3n) is 4.54. The molecule has 1 saturated carbocycles. The minimum atomic E-state index is -0.823. The molecule has 0 heterocycles. The zero-order valence-corrected chi connectivity index (χ0v) is 13.6. The van der Waals surface area contributed by atoms with Crippen molar-refractivity contribution in [3.8, 4) is 0 Å². The Kier molecular flexibility index (Phi) is 8.40. The molecule has 1 rings (SSSR count). The van der Waals surface area contributed by atoms with Gasteiger partial charge < -0.3 is 10.0 Å². The van der Waals surface area contributed by atoms with E-state index in [1.807, 2.05) is 0 Å². The predicted molar refractivity (Wildman–Crippen MR) is 84.1 cm³/mol. The molecule has 1 aliphatic carbocycles. The first-order chi connectivity index (χ1) is 10.0. The van der Waals surface area contributed by atoms with Crippen molar-refractivity contribution in [2.75, 3.05) is 13.1 Å². The van der Waals surface area contributed by atoms with Crippen LogP contribution >= 0.6 is 0 Å². The highest BCUT2D eigenvalue weighted by Gasteiger charge is 2.21. The minimum absolute atomic E-state index is 0.141. The van der Waals surface area contributed by atoms with Gasteiger partial charge in [-0.1, -0.05) is 52.4 Å². The van der Waals surface area contributed by atoms with Crippen LogP contribution < -0.4 is 0 Å². The van der Waals surface area contributed by atoms with Crippen LogP contribution in [0.5, 0.6) is 0 Å². The molecule has 1 aliphatic rings. The van der Waals surface area contributed by atoms with Crippen molar-refractivity contribution in [2.24, 2.45) is 11.8 Å². The highest BCUT2D eigenvalue weighted by atomic mass is 16.4. The highest BCUT2D eigenvalue weighted by molar-refractivity contribution is 5.77. The van der Waals surface area contributed by atoms with Gasteiger partial charge in [-0.05, 0) is 18.8 Å². The molecule has 4 heteroatoms. The van der Waals surface area contributed by atoms with Crippen molar-refractivity contribution in [2.45, 2.75) is 71.6 Å². The number of nitrogens with zero attached hydrogens (tertiary/aromatic N) is 1. The Labute approximate surface area is 128 Å². The lowest BCUT2D eigenvalue weighted by molar-refractivity contribution is -0.143. The molecule has 0 bridgehead atoms. The smallest absolute Gasteiger partial charge is 0.308 e. The van der Waals surface area contributed by atoms with Crippen molar-refractivity contribution in [1.29, 1.82) is 0 Å². The lowest BCUT2D eigenvalue weighted by atomic mass is 9.86. The number of carboxylic acids is 1. The molecule has 1 unspecified atom stereocenters. The zero-order valence-electron chi connectivity index (χ0n) is 13.6. The number of rotatable bonds is 9. The molecular formula is C17H31NO3. The fraction of sp³-hybridized carbons (Fsp3) is 0.882. The van der Waals surface area contributed by atoms with Crippen LogP contribution in [0, 0.1) is 11.8 Å².